The Labute approximate surface area is 174 Å². The summed E-state index contributed by atoms with van der Waals surface area (Å²) in [7, 11) is 0. The maximum absolute atomic E-state index is 14.9. The van der Waals surface area contributed by atoms with Crippen LogP contribution in [0.3, 0.4) is 0 Å². The molecule has 156 valence electrons. The number of nitrogens with zero attached hydrogens (tertiary/aromatic N) is 1. The molecule has 0 aromatic rings. The monoisotopic (exact) mass is 398 g/mol. The maximum Gasteiger partial charge on any atom is 0.257 e. The number of hydrogen-bond acceptors (Lipinski definition) is 2. The van der Waals surface area contributed by atoms with Gasteiger partial charge in [0.05, 0.1) is 11.5 Å². The van der Waals surface area contributed by atoms with Crippen LogP contribution in [0, 0.1) is 17.3 Å². The smallest absolute Gasteiger partial charge is 0.257 e. The number of halogens is 2. The first-order valence-corrected chi connectivity index (χ1v) is 10.1. The van der Waals surface area contributed by atoms with Crippen molar-refractivity contribution < 1.29 is 8.78 Å². The van der Waals surface area contributed by atoms with Crippen LogP contribution in [-0.4, -0.2) is 43.0 Å². The van der Waals surface area contributed by atoms with Crippen molar-refractivity contribution in [3.63, 3.8) is 0 Å². The molecule has 2 rings (SSSR count). The summed E-state index contributed by atoms with van der Waals surface area (Å²) in [5, 5.41) is 3.19. The minimum Gasteiger partial charge on any atom is -0.316 e. The summed E-state index contributed by atoms with van der Waals surface area (Å²) >= 11 is 0. The van der Waals surface area contributed by atoms with Gasteiger partial charge in [-0.25, -0.2) is 8.78 Å². The second kappa shape index (κ2) is 10.5. The highest BCUT2D eigenvalue weighted by molar-refractivity contribution is 5.43. The van der Waals surface area contributed by atoms with Gasteiger partial charge < -0.3 is 5.32 Å². The molecule has 1 N–H and O–H groups in total. The quantitative estimate of drug-likeness (QED) is 0.477. The lowest BCUT2D eigenvalue weighted by Crippen LogP contribution is -2.56. The number of rotatable bonds is 7. The Morgan fingerprint density at radius 1 is 1.21 bits per heavy atom. The van der Waals surface area contributed by atoms with Crippen LogP contribution in [-0.2, 0) is 0 Å². The molecule has 0 bridgehead atoms. The van der Waals surface area contributed by atoms with Crippen LogP contribution >= 0.6 is 0 Å². The lowest BCUT2D eigenvalue weighted by atomic mass is 9.76. The third kappa shape index (κ3) is 5.23. The average Bonchev–Trinajstić information content (AvgIpc) is 3.12. The van der Waals surface area contributed by atoms with Crippen LogP contribution < -0.4 is 5.32 Å². The fourth-order valence-electron chi connectivity index (χ4n) is 4.22. The maximum atomic E-state index is 14.9. The van der Waals surface area contributed by atoms with Crippen LogP contribution in [0.15, 0.2) is 72.9 Å². The van der Waals surface area contributed by atoms with Crippen molar-refractivity contribution in [2.24, 2.45) is 5.41 Å². The first-order chi connectivity index (χ1) is 13.9. The molecule has 2 aliphatic heterocycles. The Morgan fingerprint density at radius 3 is 2.62 bits per heavy atom. The van der Waals surface area contributed by atoms with E-state index in [1.165, 1.54) is 0 Å². The highest BCUT2D eigenvalue weighted by atomic mass is 19.3. The number of nitrogens with one attached hydrogen (secondary N) is 1. The van der Waals surface area contributed by atoms with Crippen molar-refractivity contribution in [1.82, 2.24) is 10.2 Å². The van der Waals surface area contributed by atoms with Crippen molar-refractivity contribution in [3.05, 3.63) is 72.9 Å². The van der Waals surface area contributed by atoms with Crippen LogP contribution in [0.5, 0.6) is 0 Å². The van der Waals surface area contributed by atoms with Gasteiger partial charge in [-0.05, 0) is 50.1 Å². The van der Waals surface area contributed by atoms with E-state index in [1.807, 2.05) is 43.4 Å². The van der Waals surface area contributed by atoms with E-state index in [0.717, 1.165) is 11.1 Å². The number of piperidine rings is 1. The second-order valence-electron chi connectivity index (χ2n) is 7.56. The summed E-state index contributed by atoms with van der Waals surface area (Å²) in [6.07, 6.45) is 15.5. The molecule has 2 fully saturated rings. The van der Waals surface area contributed by atoms with Crippen molar-refractivity contribution in [2.75, 3.05) is 26.2 Å². The van der Waals surface area contributed by atoms with Gasteiger partial charge >= 0.3 is 0 Å². The van der Waals surface area contributed by atoms with E-state index in [4.69, 9.17) is 0 Å². The zero-order chi connectivity index (χ0) is 21.3. The Balaban J connectivity index is 2.47. The molecular formula is C25H32F2N2. The topological polar surface area (TPSA) is 15.3 Å². The first-order valence-electron chi connectivity index (χ1n) is 10.1. The molecule has 2 heterocycles. The summed E-state index contributed by atoms with van der Waals surface area (Å²) < 4.78 is 29.8. The molecule has 0 aliphatic carbocycles. The van der Waals surface area contributed by atoms with Gasteiger partial charge in [0.1, 0.15) is 0 Å². The van der Waals surface area contributed by atoms with E-state index >= 15 is 0 Å². The molecule has 1 spiro atoms. The summed E-state index contributed by atoms with van der Waals surface area (Å²) in [4.78, 5) is 2.15. The van der Waals surface area contributed by atoms with Gasteiger partial charge in [-0.3, -0.25) is 4.90 Å². The van der Waals surface area contributed by atoms with Crippen molar-refractivity contribution in [2.45, 2.75) is 38.7 Å². The van der Waals surface area contributed by atoms with E-state index < -0.39 is 11.3 Å². The average molecular weight is 399 g/mol. The van der Waals surface area contributed by atoms with Crippen molar-refractivity contribution >= 4 is 0 Å². The van der Waals surface area contributed by atoms with E-state index in [-0.39, 0.29) is 12.5 Å². The van der Waals surface area contributed by atoms with E-state index in [1.54, 1.807) is 19.1 Å². The Hall–Kier alpha value is -2.22. The second-order valence-corrected chi connectivity index (χ2v) is 7.56. The molecule has 29 heavy (non-hydrogen) atoms. The normalized spacial score (nSPS) is 26.6. The highest BCUT2D eigenvalue weighted by Crippen LogP contribution is 2.48. The largest absolute Gasteiger partial charge is 0.316 e. The lowest BCUT2D eigenvalue weighted by Gasteiger charge is -2.42. The SMILES string of the molecule is C=C/C=C(\C=C/C#CC)C(/C(C=C)=C/C=C\C)N1CCC2(CNCCC2(F)F)C1. The Bertz CT molecular complexity index is 776. The minimum absolute atomic E-state index is 0.102. The number of allylic oxidation sites excluding steroid dienone is 6. The van der Waals surface area contributed by atoms with Crippen LogP contribution in [0.4, 0.5) is 8.78 Å². The number of alkyl halides is 2. The minimum atomic E-state index is -2.66. The summed E-state index contributed by atoms with van der Waals surface area (Å²) in [5.41, 5.74) is 0.903. The molecule has 2 aliphatic rings. The molecule has 0 aromatic heterocycles. The van der Waals surface area contributed by atoms with Gasteiger partial charge in [0.15, 0.2) is 0 Å². The van der Waals surface area contributed by atoms with Crippen molar-refractivity contribution in [1.29, 1.82) is 0 Å². The molecule has 0 saturated carbocycles. The summed E-state index contributed by atoms with van der Waals surface area (Å²) in [5.74, 6) is 3.13. The molecule has 4 heteroatoms. The van der Waals surface area contributed by atoms with E-state index in [2.05, 4.69) is 35.2 Å². The van der Waals surface area contributed by atoms with E-state index in [0.29, 0.717) is 32.6 Å². The fourth-order valence-corrected chi connectivity index (χ4v) is 4.22. The Kier molecular flexibility index (Phi) is 8.37. The number of likely N-dealkylation sites (tertiary alicyclic amines) is 1. The highest BCUT2D eigenvalue weighted by Gasteiger charge is 2.58. The summed E-state index contributed by atoms with van der Waals surface area (Å²) in [6.45, 7) is 13.2. The molecule has 0 aromatic carbocycles. The lowest BCUT2D eigenvalue weighted by molar-refractivity contribution is -0.135. The van der Waals surface area contributed by atoms with Crippen LogP contribution in [0.1, 0.15) is 26.7 Å². The van der Waals surface area contributed by atoms with Gasteiger partial charge in [0, 0.05) is 26.1 Å². The number of hydrogen-bond donors (Lipinski definition) is 1. The van der Waals surface area contributed by atoms with Gasteiger partial charge in [-0.15, -0.1) is 5.92 Å². The molecule has 2 unspecified atom stereocenters. The standard InChI is InChI=1S/C25H32F2N2/c1-5-9-11-14-22(12-7-3)23(21(8-4)13-10-6-2)29-18-16-24(20-29)19-28-17-15-25(24,26)27/h6-8,10-14,23,28H,3-4,15-20H2,1-2H3/b10-6-,14-11-,21-13+,22-12+. The zero-order valence-corrected chi connectivity index (χ0v) is 17.6. The Morgan fingerprint density at radius 2 is 2.00 bits per heavy atom. The third-order valence-electron chi connectivity index (χ3n) is 5.77. The van der Waals surface area contributed by atoms with Crippen LogP contribution in [0.2, 0.25) is 0 Å². The third-order valence-corrected chi connectivity index (χ3v) is 5.77. The first kappa shape index (κ1) is 23.1. The molecular weight excluding hydrogens is 366 g/mol. The zero-order valence-electron chi connectivity index (χ0n) is 17.6. The molecule has 0 amide bonds. The fraction of sp³-hybridized carbons (Fsp3) is 0.440. The van der Waals surface area contributed by atoms with Gasteiger partial charge in [0.25, 0.3) is 5.92 Å². The molecule has 2 nitrogen and oxygen atoms in total. The predicted octanol–water partition coefficient (Wildman–Crippen LogP) is 5.06. The summed E-state index contributed by atoms with van der Waals surface area (Å²) in [6, 6.07) is -0.186. The van der Waals surface area contributed by atoms with Gasteiger partial charge in [-0.1, -0.05) is 55.5 Å². The molecule has 2 saturated heterocycles. The van der Waals surface area contributed by atoms with Crippen LogP contribution in [0.25, 0.3) is 0 Å². The van der Waals surface area contributed by atoms with Gasteiger partial charge in [0.2, 0.25) is 0 Å². The molecule has 2 atom stereocenters. The van der Waals surface area contributed by atoms with Crippen molar-refractivity contribution in [3.8, 4) is 11.8 Å². The van der Waals surface area contributed by atoms with Gasteiger partial charge in [-0.2, -0.15) is 0 Å². The molecule has 0 radical (unpaired) electrons. The van der Waals surface area contributed by atoms with E-state index in [9.17, 15) is 8.78 Å². The predicted molar refractivity (Wildman–Crippen MR) is 119 cm³/mol.